The number of hydrogen-bond acceptors (Lipinski definition) is 4. The van der Waals surface area contributed by atoms with Gasteiger partial charge in [0.1, 0.15) is 9.84 Å². The quantitative estimate of drug-likeness (QED) is 0.520. The van der Waals surface area contributed by atoms with Gasteiger partial charge in [-0.3, -0.25) is 0 Å². The van der Waals surface area contributed by atoms with E-state index in [1.54, 1.807) is 0 Å². The molecule has 154 valence electrons. The molecule has 1 heterocycles. The summed E-state index contributed by atoms with van der Waals surface area (Å²) < 4.78 is 24.7. The number of nitrogens with zero attached hydrogens (tertiary/aromatic N) is 3. The Morgan fingerprint density at radius 3 is 2.61 bits per heavy atom. The van der Waals surface area contributed by atoms with Gasteiger partial charge in [-0.15, -0.1) is 0 Å². The molecule has 0 saturated carbocycles. The number of para-hydroxylation sites is 1. The van der Waals surface area contributed by atoms with Crippen LogP contribution in [0.2, 0.25) is 0 Å². The minimum absolute atomic E-state index is 0.00113. The number of rotatable bonds is 8. The zero-order valence-corrected chi connectivity index (χ0v) is 18.2. The lowest BCUT2D eigenvalue weighted by molar-refractivity contribution is 0.581. The zero-order chi connectivity index (χ0) is 20.7. The molecule has 1 aromatic carbocycles. The second-order valence-corrected chi connectivity index (χ2v) is 9.39. The molecule has 1 atom stereocenters. The highest BCUT2D eigenvalue weighted by Crippen LogP contribution is 2.17. The first-order chi connectivity index (χ1) is 13.2. The van der Waals surface area contributed by atoms with Crippen molar-refractivity contribution in [2.24, 2.45) is 4.99 Å². The maximum Gasteiger partial charge on any atom is 0.191 e. The van der Waals surface area contributed by atoms with E-state index < -0.39 is 9.84 Å². The highest BCUT2D eigenvalue weighted by molar-refractivity contribution is 7.90. The molecule has 0 radical (unpaired) electrons. The average molecular weight is 406 g/mol. The van der Waals surface area contributed by atoms with Gasteiger partial charge in [-0.25, -0.2) is 18.1 Å². The van der Waals surface area contributed by atoms with Crippen molar-refractivity contribution in [3.05, 3.63) is 47.3 Å². The minimum atomic E-state index is -2.97. The Bertz CT molecular complexity index is 918. The van der Waals surface area contributed by atoms with E-state index in [4.69, 9.17) is 4.99 Å². The van der Waals surface area contributed by atoms with E-state index in [9.17, 15) is 8.42 Å². The van der Waals surface area contributed by atoms with Crippen LogP contribution in [0, 0.1) is 13.8 Å². The highest BCUT2D eigenvalue weighted by Gasteiger charge is 2.11. The Balaban J connectivity index is 2.16. The molecule has 2 N–H and O–H groups in total. The van der Waals surface area contributed by atoms with Gasteiger partial charge < -0.3 is 10.6 Å². The molecule has 0 amide bonds. The smallest absolute Gasteiger partial charge is 0.191 e. The van der Waals surface area contributed by atoms with Gasteiger partial charge >= 0.3 is 0 Å². The van der Waals surface area contributed by atoms with Crippen molar-refractivity contribution in [1.82, 2.24) is 20.4 Å². The summed E-state index contributed by atoms with van der Waals surface area (Å²) in [6, 6.07) is 10.1. The predicted molar refractivity (Wildman–Crippen MR) is 115 cm³/mol. The SMILES string of the molecule is CCNC(=NCc1ccccc1-n1nc(C)cc1C)NC(C)CCS(C)(=O)=O. The molecule has 0 aliphatic carbocycles. The van der Waals surface area contributed by atoms with Gasteiger partial charge in [0.25, 0.3) is 0 Å². The van der Waals surface area contributed by atoms with Crippen molar-refractivity contribution >= 4 is 15.8 Å². The minimum Gasteiger partial charge on any atom is -0.357 e. The van der Waals surface area contributed by atoms with Crippen LogP contribution in [0.25, 0.3) is 5.69 Å². The maximum atomic E-state index is 11.4. The van der Waals surface area contributed by atoms with Gasteiger partial charge in [-0.05, 0) is 51.8 Å². The summed E-state index contributed by atoms with van der Waals surface area (Å²) in [5.41, 5.74) is 4.13. The van der Waals surface area contributed by atoms with Crippen molar-refractivity contribution in [3.8, 4) is 5.69 Å². The van der Waals surface area contributed by atoms with Gasteiger partial charge in [-0.2, -0.15) is 5.10 Å². The molecule has 2 aromatic rings. The van der Waals surface area contributed by atoms with Crippen LogP contribution < -0.4 is 10.6 Å². The number of aliphatic imine (C=N–C) groups is 1. The molecule has 0 saturated heterocycles. The molecule has 8 heteroatoms. The summed E-state index contributed by atoms with van der Waals surface area (Å²) in [6.07, 6.45) is 1.79. The molecule has 2 rings (SSSR count). The summed E-state index contributed by atoms with van der Waals surface area (Å²) in [6.45, 7) is 9.20. The van der Waals surface area contributed by atoms with Gasteiger partial charge in [0.05, 0.1) is 23.7 Å². The van der Waals surface area contributed by atoms with Crippen LogP contribution in [-0.2, 0) is 16.4 Å². The van der Waals surface area contributed by atoms with Crippen LogP contribution in [0.4, 0.5) is 0 Å². The van der Waals surface area contributed by atoms with Crippen LogP contribution in [-0.4, -0.2) is 48.8 Å². The number of aromatic nitrogens is 2. The van der Waals surface area contributed by atoms with Crippen molar-refractivity contribution in [2.75, 3.05) is 18.6 Å². The Labute approximate surface area is 168 Å². The molecule has 28 heavy (non-hydrogen) atoms. The molecular formula is C20H31N5O2S. The molecule has 1 aromatic heterocycles. The average Bonchev–Trinajstić information content (AvgIpc) is 2.96. The van der Waals surface area contributed by atoms with Crippen LogP contribution in [0.15, 0.2) is 35.3 Å². The maximum absolute atomic E-state index is 11.4. The van der Waals surface area contributed by atoms with E-state index >= 15 is 0 Å². The largest absolute Gasteiger partial charge is 0.357 e. The van der Waals surface area contributed by atoms with E-state index in [1.807, 2.05) is 56.6 Å². The number of nitrogens with one attached hydrogen (secondary N) is 2. The first-order valence-electron chi connectivity index (χ1n) is 9.53. The highest BCUT2D eigenvalue weighted by atomic mass is 32.2. The molecular weight excluding hydrogens is 374 g/mol. The number of sulfone groups is 1. The van der Waals surface area contributed by atoms with E-state index in [-0.39, 0.29) is 11.8 Å². The van der Waals surface area contributed by atoms with E-state index in [0.717, 1.165) is 29.2 Å². The number of hydrogen-bond donors (Lipinski definition) is 2. The zero-order valence-electron chi connectivity index (χ0n) is 17.4. The van der Waals surface area contributed by atoms with Crippen LogP contribution in [0.1, 0.15) is 37.2 Å². The van der Waals surface area contributed by atoms with Crippen LogP contribution >= 0.6 is 0 Å². The predicted octanol–water partition coefficient (Wildman–Crippen LogP) is 2.37. The molecule has 1 unspecified atom stereocenters. The number of guanidine groups is 1. The third kappa shape index (κ3) is 6.67. The normalized spacial score (nSPS) is 13.4. The van der Waals surface area contributed by atoms with Crippen molar-refractivity contribution in [3.63, 3.8) is 0 Å². The Kier molecular flexibility index (Phi) is 7.62. The fourth-order valence-corrected chi connectivity index (χ4v) is 3.69. The van der Waals surface area contributed by atoms with Crippen molar-refractivity contribution in [2.45, 2.75) is 46.7 Å². The van der Waals surface area contributed by atoms with Crippen molar-refractivity contribution in [1.29, 1.82) is 0 Å². The standard InChI is InChI=1S/C20H31N5O2S/c1-6-21-20(23-15(2)11-12-28(5,26)27)22-14-18-9-7-8-10-19(18)25-17(4)13-16(3)24-25/h7-10,13,15H,6,11-12,14H2,1-5H3,(H2,21,22,23). The number of aryl methyl sites for hydroxylation is 2. The first kappa shape index (κ1) is 21.9. The molecule has 0 aliphatic heterocycles. The van der Waals surface area contributed by atoms with Crippen molar-refractivity contribution < 1.29 is 8.42 Å². The monoisotopic (exact) mass is 405 g/mol. The molecule has 7 nitrogen and oxygen atoms in total. The second kappa shape index (κ2) is 9.73. The molecule has 0 spiro atoms. The van der Waals surface area contributed by atoms with Gasteiger partial charge in [0, 0.05) is 24.5 Å². The Morgan fingerprint density at radius 2 is 2.00 bits per heavy atom. The third-order valence-corrected chi connectivity index (χ3v) is 5.26. The van der Waals surface area contributed by atoms with E-state index in [2.05, 4.69) is 21.8 Å². The molecule has 0 bridgehead atoms. The molecule has 0 fully saturated rings. The summed E-state index contributed by atoms with van der Waals surface area (Å²) >= 11 is 0. The Morgan fingerprint density at radius 1 is 1.29 bits per heavy atom. The van der Waals surface area contributed by atoms with Gasteiger partial charge in [0.15, 0.2) is 5.96 Å². The lowest BCUT2D eigenvalue weighted by Crippen LogP contribution is -2.42. The fraction of sp³-hybridized carbons (Fsp3) is 0.500. The third-order valence-electron chi connectivity index (χ3n) is 4.29. The summed E-state index contributed by atoms with van der Waals surface area (Å²) in [4.78, 5) is 4.69. The van der Waals surface area contributed by atoms with E-state index in [1.165, 1.54) is 6.26 Å². The molecule has 0 aliphatic rings. The van der Waals surface area contributed by atoms with E-state index in [0.29, 0.717) is 18.9 Å². The first-order valence-corrected chi connectivity index (χ1v) is 11.6. The van der Waals surface area contributed by atoms with Crippen LogP contribution in [0.3, 0.4) is 0 Å². The number of benzene rings is 1. The van der Waals surface area contributed by atoms with Crippen LogP contribution in [0.5, 0.6) is 0 Å². The summed E-state index contributed by atoms with van der Waals surface area (Å²) in [7, 11) is -2.97. The summed E-state index contributed by atoms with van der Waals surface area (Å²) in [5, 5.41) is 11.1. The fourth-order valence-electron chi connectivity index (χ4n) is 2.90. The summed E-state index contributed by atoms with van der Waals surface area (Å²) in [5.74, 6) is 0.827. The lowest BCUT2D eigenvalue weighted by Gasteiger charge is -2.18. The Hall–Kier alpha value is -2.35. The topological polar surface area (TPSA) is 88.4 Å². The van der Waals surface area contributed by atoms with Gasteiger partial charge in [-0.1, -0.05) is 18.2 Å². The second-order valence-electron chi connectivity index (χ2n) is 7.13. The van der Waals surface area contributed by atoms with Gasteiger partial charge in [0.2, 0.25) is 0 Å². The lowest BCUT2D eigenvalue weighted by atomic mass is 10.2.